The average molecular weight is 266 g/mol. The molecule has 14 heavy (non-hydrogen) atoms. The molecule has 0 bridgehead atoms. The van der Waals surface area contributed by atoms with E-state index in [2.05, 4.69) is 20.7 Å². The zero-order valence-corrected chi connectivity index (χ0v) is 9.36. The maximum absolute atomic E-state index is 13.3. The van der Waals surface area contributed by atoms with Crippen molar-refractivity contribution in [1.29, 1.82) is 0 Å². The van der Waals surface area contributed by atoms with E-state index in [9.17, 15) is 8.78 Å². The molecule has 0 aliphatic carbocycles. The molecule has 0 saturated heterocycles. The van der Waals surface area contributed by atoms with Gasteiger partial charge in [-0.2, -0.15) is 4.39 Å². The Balaban J connectivity index is 3.40. The van der Waals surface area contributed by atoms with E-state index in [1.807, 2.05) is 0 Å². The van der Waals surface area contributed by atoms with Crippen LogP contribution in [-0.2, 0) is 0 Å². The second-order valence-corrected chi connectivity index (χ2v) is 3.75. The average Bonchev–Trinajstić information content (AvgIpc) is 2.12. The predicted octanol–water partition coefficient (Wildman–Crippen LogP) is 2.76. The monoisotopic (exact) mass is 265 g/mol. The molecule has 5 heteroatoms. The highest BCUT2D eigenvalue weighted by Crippen LogP contribution is 2.33. The topological polar surface area (TPSA) is 35.2 Å². The summed E-state index contributed by atoms with van der Waals surface area (Å²) in [6.45, 7) is 1.58. The van der Waals surface area contributed by atoms with Crippen molar-refractivity contribution >= 4 is 15.9 Å². The molecular formula is C9H10BrF2NO. The van der Waals surface area contributed by atoms with Crippen molar-refractivity contribution in [1.82, 2.24) is 0 Å². The lowest BCUT2D eigenvalue weighted by Crippen LogP contribution is -2.09. The lowest BCUT2D eigenvalue weighted by molar-refractivity contribution is 0.366. The highest BCUT2D eigenvalue weighted by atomic mass is 79.9. The Bertz CT molecular complexity index is 355. The maximum Gasteiger partial charge on any atom is 0.202 e. The summed E-state index contributed by atoms with van der Waals surface area (Å²) in [5, 5.41) is 0. The summed E-state index contributed by atoms with van der Waals surface area (Å²) in [6, 6.07) is 0.855. The van der Waals surface area contributed by atoms with Crippen LogP contribution in [0.2, 0.25) is 0 Å². The number of halogens is 3. The molecule has 1 unspecified atom stereocenters. The standard InChI is InChI=1S/C9H10BrF2NO/c1-4(13)5-3-6(10)9(14-2)8(12)7(5)11/h3-4H,13H2,1-2H3. The molecule has 0 aliphatic rings. The van der Waals surface area contributed by atoms with Crippen LogP contribution < -0.4 is 10.5 Å². The summed E-state index contributed by atoms with van der Waals surface area (Å²) in [6.07, 6.45) is 0. The molecule has 0 aliphatic heterocycles. The summed E-state index contributed by atoms with van der Waals surface area (Å²) in [7, 11) is 1.27. The quantitative estimate of drug-likeness (QED) is 0.835. The van der Waals surface area contributed by atoms with E-state index < -0.39 is 17.7 Å². The van der Waals surface area contributed by atoms with E-state index in [4.69, 9.17) is 5.73 Å². The molecule has 1 aromatic carbocycles. The van der Waals surface area contributed by atoms with Crippen LogP contribution in [0.15, 0.2) is 10.5 Å². The maximum atomic E-state index is 13.3. The molecule has 0 spiro atoms. The summed E-state index contributed by atoms with van der Waals surface area (Å²) < 4.78 is 31.7. The first-order valence-electron chi connectivity index (χ1n) is 3.96. The van der Waals surface area contributed by atoms with Crippen molar-refractivity contribution in [2.75, 3.05) is 7.11 Å². The van der Waals surface area contributed by atoms with Crippen molar-refractivity contribution in [3.05, 3.63) is 27.7 Å². The van der Waals surface area contributed by atoms with Gasteiger partial charge in [0.15, 0.2) is 11.6 Å². The molecule has 78 valence electrons. The van der Waals surface area contributed by atoms with Crippen LogP contribution in [0.4, 0.5) is 8.78 Å². The Hall–Kier alpha value is -0.680. The van der Waals surface area contributed by atoms with Gasteiger partial charge in [0.25, 0.3) is 0 Å². The Morgan fingerprint density at radius 2 is 2.00 bits per heavy atom. The summed E-state index contributed by atoms with van der Waals surface area (Å²) in [4.78, 5) is 0. The van der Waals surface area contributed by atoms with Gasteiger partial charge in [-0.1, -0.05) is 0 Å². The van der Waals surface area contributed by atoms with Crippen molar-refractivity contribution in [3.63, 3.8) is 0 Å². The van der Waals surface area contributed by atoms with E-state index in [1.165, 1.54) is 13.2 Å². The first-order valence-corrected chi connectivity index (χ1v) is 4.75. The van der Waals surface area contributed by atoms with Crippen molar-refractivity contribution in [2.45, 2.75) is 13.0 Å². The smallest absolute Gasteiger partial charge is 0.202 e. The molecular weight excluding hydrogens is 256 g/mol. The molecule has 1 atom stereocenters. The Morgan fingerprint density at radius 3 is 2.43 bits per heavy atom. The molecule has 0 heterocycles. The Kier molecular flexibility index (Phi) is 3.44. The lowest BCUT2D eigenvalue weighted by atomic mass is 10.1. The molecule has 0 aromatic heterocycles. The molecule has 1 rings (SSSR count). The fourth-order valence-electron chi connectivity index (χ4n) is 1.12. The second kappa shape index (κ2) is 4.23. The molecule has 0 fully saturated rings. The molecule has 2 nitrogen and oxygen atoms in total. The minimum Gasteiger partial charge on any atom is -0.492 e. The fourth-order valence-corrected chi connectivity index (χ4v) is 1.70. The third-order valence-corrected chi connectivity index (χ3v) is 2.43. The largest absolute Gasteiger partial charge is 0.492 e. The number of hydrogen-bond donors (Lipinski definition) is 1. The number of methoxy groups -OCH3 is 1. The van der Waals surface area contributed by atoms with Crippen LogP contribution in [0.3, 0.4) is 0 Å². The molecule has 0 amide bonds. The van der Waals surface area contributed by atoms with Gasteiger partial charge >= 0.3 is 0 Å². The molecule has 2 N–H and O–H groups in total. The predicted molar refractivity (Wildman–Crippen MR) is 53.2 cm³/mol. The third kappa shape index (κ3) is 1.88. The van der Waals surface area contributed by atoms with Crippen LogP contribution in [-0.4, -0.2) is 7.11 Å². The minimum atomic E-state index is -1.02. The van der Waals surface area contributed by atoms with Crippen molar-refractivity contribution in [2.24, 2.45) is 5.73 Å². The molecule has 1 aromatic rings. The summed E-state index contributed by atoms with van der Waals surface area (Å²) in [5.41, 5.74) is 5.60. The Labute approximate surface area is 89.2 Å². The lowest BCUT2D eigenvalue weighted by Gasteiger charge is -2.12. The highest BCUT2D eigenvalue weighted by Gasteiger charge is 2.19. The zero-order valence-electron chi connectivity index (χ0n) is 7.77. The van der Waals surface area contributed by atoms with Gasteiger partial charge in [-0.25, -0.2) is 4.39 Å². The van der Waals surface area contributed by atoms with Gasteiger partial charge in [-0.3, -0.25) is 0 Å². The molecule has 0 radical (unpaired) electrons. The highest BCUT2D eigenvalue weighted by molar-refractivity contribution is 9.10. The van der Waals surface area contributed by atoms with Gasteiger partial charge in [0.1, 0.15) is 0 Å². The SMILES string of the molecule is COc1c(Br)cc(C(C)N)c(F)c1F. The number of nitrogens with two attached hydrogens (primary N) is 1. The van der Waals surface area contributed by atoms with E-state index in [1.54, 1.807) is 6.92 Å². The van der Waals surface area contributed by atoms with E-state index in [-0.39, 0.29) is 11.3 Å². The van der Waals surface area contributed by atoms with Crippen LogP contribution in [0.5, 0.6) is 5.75 Å². The van der Waals surface area contributed by atoms with Gasteiger partial charge in [0, 0.05) is 11.6 Å². The van der Waals surface area contributed by atoms with Gasteiger partial charge in [-0.15, -0.1) is 0 Å². The second-order valence-electron chi connectivity index (χ2n) is 2.90. The number of hydrogen-bond acceptors (Lipinski definition) is 2. The van der Waals surface area contributed by atoms with Crippen LogP contribution in [0, 0.1) is 11.6 Å². The number of rotatable bonds is 2. The fraction of sp³-hybridized carbons (Fsp3) is 0.333. The Morgan fingerprint density at radius 1 is 1.43 bits per heavy atom. The first kappa shape index (κ1) is 11.4. The van der Waals surface area contributed by atoms with Gasteiger partial charge in [0.05, 0.1) is 11.6 Å². The van der Waals surface area contributed by atoms with Crippen molar-refractivity contribution in [3.8, 4) is 5.75 Å². The third-order valence-electron chi connectivity index (χ3n) is 1.84. The zero-order chi connectivity index (χ0) is 10.9. The van der Waals surface area contributed by atoms with Crippen LogP contribution in [0.25, 0.3) is 0 Å². The minimum absolute atomic E-state index is 0.121. The molecule has 0 saturated carbocycles. The van der Waals surface area contributed by atoms with Crippen molar-refractivity contribution < 1.29 is 13.5 Å². The van der Waals surface area contributed by atoms with Crippen LogP contribution >= 0.6 is 15.9 Å². The summed E-state index contributed by atoms with van der Waals surface area (Å²) >= 11 is 3.07. The van der Waals surface area contributed by atoms with E-state index >= 15 is 0 Å². The number of benzene rings is 1. The van der Waals surface area contributed by atoms with E-state index in [0.717, 1.165) is 0 Å². The van der Waals surface area contributed by atoms with Crippen LogP contribution in [0.1, 0.15) is 18.5 Å². The van der Waals surface area contributed by atoms with Gasteiger partial charge < -0.3 is 10.5 Å². The normalized spacial score (nSPS) is 12.7. The van der Waals surface area contributed by atoms with Gasteiger partial charge in [0.2, 0.25) is 5.82 Å². The summed E-state index contributed by atoms with van der Waals surface area (Å²) in [5.74, 6) is -2.12. The van der Waals surface area contributed by atoms with Gasteiger partial charge in [-0.05, 0) is 28.9 Å². The number of ether oxygens (including phenoxy) is 1. The van der Waals surface area contributed by atoms with E-state index in [0.29, 0.717) is 4.47 Å². The first-order chi connectivity index (χ1) is 6.49.